The number of aromatic nitrogens is 13. The van der Waals surface area contributed by atoms with Crippen LogP contribution in [0, 0.1) is 44.0 Å². The number of nitrogens with zero attached hydrogens (tertiary/aromatic N) is 15. The number of halogens is 12. The quantitative estimate of drug-likeness (QED) is 0.0516. The van der Waals surface area contributed by atoms with Gasteiger partial charge in [0.2, 0.25) is 11.8 Å². The van der Waals surface area contributed by atoms with E-state index in [-0.39, 0.29) is 68.1 Å². The molecular weight excluding hydrogens is 1760 g/mol. The van der Waals surface area contributed by atoms with Crippen LogP contribution in [0.25, 0.3) is 60.8 Å². The highest BCUT2D eigenvalue weighted by Crippen LogP contribution is 2.41. The predicted octanol–water partition coefficient (Wildman–Crippen LogP) is 19.9. The molecule has 134 heavy (non-hydrogen) atoms. The van der Waals surface area contributed by atoms with Gasteiger partial charge in [-0.15, -0.1) is 0 Å². The summed E-state index contributed by atoms with van der Waals surface area (Å²) in [5.74, 6) is -4.17. The number of rotatable bonds is 20. The first-order valence-corrected chi connectivity index (χ1v) is 43.6. The van der Waals surface area contributed by atoms with E-state index in [1.807, 2.05) is 12.1 Å². The molecule has 704 valence electrons. The molecule has 3 aliphatic rings. The number of benzene rings is 4. The van der Waals surface area contributed by atoms with Gasteiger partial charge in [0.1, 0.15) is 92.9 Å². The maximum absolute atomic E-state index is 14.9. The Kier molecular flexibility index (Phi) is 30.0. The van der Waals surface area contributed by atoms with E-state index in [1.54, 1.807) is 134 Å². The molecule has 4 N–H and O–H groups in total. The first-order valence-electron chi connectivity index (χ1n) is 43.6. The van der Waals surface area contributed by atoms with E-state index in [4.69, 9.17) is 0 Å². The van der Waals surface area contributed by atoms with Crippen molar-refractivity contribution in [1.82, 2.24) is 72.9 Å². The molecule has 1 saturated heterocycles. The summed E-state index contributed by atoms with van der Waals surface area (Å²) < 4.78 is 171. The average Bonchev–Trinajstić information content (AvgIpc) is 0.719. The van der Waals surface area contributed by atoms with Gasteiger partial charge < -0.3 is 31.1 Å². The minimum absolute atomic E-state index is 0.0161. The van der Waals surface area contributed by atoms with Crippen LogP contribution in [0.5, 0.6) is 0 Å². The number of fused-ring (bicyclic) bond motifs is 4. The number of anilines is 4. The van der Waals surface area contributed by atoms with Gasteiger partial charge in [-0.3, -0.25) is 52.0 Å². The first kappa shape index (κ1) is 97.8. The van der Waals surface area contributed by atoms with E-state index in [0.29, 0.717) is 159 Å². The van der Waals surface area contributed by atoms with Gasteiger partial charge in [0.15, 0.2) is 0 Å². The number of carbonyl (C=O) groups excluding carboxylic acids is 2. The molecule has 11 heterocycles. The summed E-state index contributed by atoms with van der Waals surface area (Å²) in [6.45, 7) is 17.5. The molecule has 1 saturated carbocycles. The molecule has 25 nitrogen and oxygen atoms in total. The molecule has 16 rings (SSSR count). The summed E-state index contributed by atoms with van der Waals surface area (Å²) in [6.07, 6.45) is 4.77. The topological polar surface area (TPSA) is 293 Å². The van der Waals surface area contributed by atoms with Crippen molar-refractivity contribution in [1.29, 1.82) is 0 Å². The lowest BCUT2D eigenvalue weighted by Crippen LogP contribution is -2.38. The zero-order valence-electron chi connectivity index (χ0n) is 76.1. The lowest BCUT2D eigenvalue weighted by molar-refractivity contribution is -0.130. The van der Waals surface area contributed by atoms with Gasteiger partial charge in [-0.25, -0.2) is 92.6 Å². The minimum Gasteiger partial charge on any atom is -0.363 e. The van der Waals surface area contributed by atoms with Crippen molar-refractivity contribution in [2.75, 3.05) is 47.4 Å². The lowest BCUT2D eigenvalue weighted by Gasteiger charge is -2.31. The Labute approximate surface area is 762 Å². The Hall–Kier alpha value is -13.8. The minimum atomic E-state index is -3.32. The maximum Gasteiger partial charge on any atom is 0.273 e. The van der Waals surface area contributed by atoms with Gasteiger partial charge in [0.25, 0.3) is 47.4 Å². The Bertz CT molecular complexity index is 6920. The van der Waals surface area contributed by atoms with E-state index in [9.17, 15) is 81.5 Å². The van der Waals surface area contributed by atoms with Crippen molar-refractivity contribution >= 4 is 84.8 Å². The highest BCUT2D eigenvalue weighted by Gasteiger charge is 2.34. The fourth-order valence-corrected chi connectivity index (χ4v) is 17.3. The van der Waals surface area contributed by atoms with Crippen LogP contribution >= 0.6 is 0 Å². The smallest absolute Gasteiger partial charge is 0.273 e. The van der Waals surface area contributed by atoms with Crippen LogP contribution in [0.15, 0.2) is 153 Å². The van der Waals surface area contributed by atoms with E-state index in [2.05, 4.69) is 66.1 Å². The average molecular weight is 1860 g/mol. The number of carbonyl (C=O) groups is 2. The second-order valence-electron chi connectivity index (χ2n) is 33.8. The van der Waals surface area contributed by atoms with Crippen LogP contribution in [0.3, 0.4) is 0 Å². The van der Waals surface area contributed by atoms with Crippen molar-refractivity contribution in [3.63, 3.8) is 0 Å². The van der Waals surface area contributed by atoms with Crippen LogP contribution in [-0.4, -0.2) is 111 Å². The SMILES string of the molecule is CC(=O)N1CC=C(c2cc3c(N[C@H](C)c4cccc(C(C)(F)F)c4F)ncnc3n(C)c2=O)CC1.CC(=O)N1CCC(c2cc3c(N[C@H](C)c4cccc(C(F)F)c4F)nc(C)nc3n(C)c2=O)CC1.Cc1nc(N[C@H](C)c2cccc(C(F)F)c2F)c2cc(-c3cccnc3)c(=O)n(C)c2n1.Cc1nc(N[C@H](C)c2cccc(C(F)F)c2F)c2cc(C3CCCCC3)c(=O)n(C)c2n1. The van der Waals surface area contributed by atoms with Gasteiger partial charge in [-0.05, 0) is 128 Å². The molecule has 0 radical (unpaired) electrons. The van der Waals surface area contributed by atoms with Gasteiger partial charge >= 0.3 is 0 Å². The van der Waals surface area contributed by atoms with Crippen molar-refractivity contribution < 1.29 is 62.3 Å². The maximum atomic E-state index is 14.9. The first-order chi connectivity index (χ1) is 63.6. The number of hydrogen-bond donors (Lipinski definition) is 4. The Morgan fingerprint density at radius 1 is 0.433 bits per heavy atom. The highest BCUT2D eigenvalue weighted by molar-refractivity contribution is 5.93. The fraction of sp³-hybridized carbons (Fsp3) is 0.371. The van der Waals surface area contributed by atoms with Crippen LogP contribution in [0.2, 0.25) is 0 Å². The zero-order valence-corrected chi connectivity index (χ0v) is 76.1. The number of aryl methyl sites for hydroxylation is 7. The molecule has 0 bridgehead atoms. The number of piperidine rings is 1. The third kappa shape index (κ3) is 21.0. The van der Waals surface area contributed by atoms with Gasteiger partial charge in [-0.2, -0.15) is 0 Å². The standard InChI is InChI=1S/C25H26F3N5O2.C25H28F3N5O2.C24H27F3N4O.C23H20F3N5O/c1-14(17-6-5-7-20(21(17)26)25(3,27)28)31-22-19-12-18(16-8-10-33(11-9-16)15(2)34)24(35)32(4)23(19)30-13-29-22;1-13(17-6-5-7-18(21(17)26)22(27)28)29-23-20-12-19(16-8-10-33(11-9-16)15(3)34)25(35)32(4)24(20)31-14(2)30-23;1-13(16-10-7-11-17(20(16)25)21(26)27)28-22-19-12-18(15-8-5-4-6-9-15)24(32)31(3)23(19)30-14(2)29-22;1-12(15-7-4-8-16(19(15)24)20(25)26)28-21-18-10-17(14-6-5-9-27-11-14)23(32)31(3)22(18)30-13(2)29-21/h5-8,12-14H,9-11H2,1-4H3,(H,29,30,31);5-7,12-13,16,22H,8-11H2,1-4H3,(H,29,30,31);7,10-13,15,21H,4-6,8-9H2,1-3H3,(H,28,29,30);4-12,20H,1-3H3,(H,28,29,30)/t14-;2*13-;12-/m1111/s1. The van der Waals surface area contributed by atoms with Gasteiger partial charge in [0, 0.05) is 138 Å². The number of nitrogens with one attached hydrogen (secondary N) is 4. The number of hydrogen-bond acceptors (Lipinski definition) is 19. The number of pyridine rings is 5. The van der Waals surface area contributed by atoms with Crippen molar-refractivity contribution in [2.45, 2.75) is 182 Å². The molecule has 2 amide bonds. The van der Waals surface area contributed by atoms with E-state index in [0.717, 1.165) is 61.1 Å². The molecule has 2 fully saturated rings. The third-order valence-corrected chi connectivity index (χ3v) is 24.7. The fourth-order valence-electron chi connectivity index (χ4n) is 17.3. The molecule has 0 unspecified atom stereocenters. The second-order valence-corrected chi connectivity index (χ2v) is 33.8. The van der Waals surface area contributed by atoms with Crippen LogP contribution in [0.1, 0.15) is 234 Å². The van der Waals surface area contributed by atoms with Crippen LogP contribution in [0.4, 0.5) is 76.0 Å². The molecule has 13 aromatic rings. The molecule has 37 heteroatoms. The number of likely N-dealkylation sites (tertiary alicyclic amines) is 1. The Balaban J connectivity index is 0.000000152. The molecule has 9 aromatic heterocycles. The van der Waals surface area contributed by atoms with Crippen molar-refractivity contribution in [3.8, 4) is 11.1 Å². The van der Waals surface area contributed by atoms with Crippen LogP contribution in [-0.2, 0) is 43.7 Å². The Morgan fingerprint density at radius 3 is 1.22 bits per heavy atom. The summed E-state index contributed by atoms with van der Waals surface area (Å²) >= 11 is 0. The molecule has 2 aliphatic heterocycles. The summed E-state index contributed by atoms with van der Waals surface area (Å²) in [5.41, 5.74) is 2.41. The lowest BCUT2D eigenvalue weighted by atomic mass is 9.84. The predicted molar refractivity (Wildman–Crippen MR) is 490 cm³/mol. The summed E-state index contributed by atoms with van der Waals surface area (Å²) in [7, 11) is 6.55. The number of alkyl halides is 8. The zero-order chi connectivity index (χ0) is 96.9. The van der Waals surface area contributed by atoms with E-state index >= 15 is 0 Å². The molecule has 0 spiro atoms. The molecule has 4 aromatic carbocycles. The molecule has 1 aliphatic carbocycles. The summed E-state index contributed by atoms with van der Waals surface area (Å²) in [5, 5.41) is 14.8. The van der Waals surface area contributed by atoms with Crippen molar-refractivity contribution in [2.24, 2.45) is 28.2 Å². The normalized spacial score (nSPS) is 14.8. The Morgan fingerprint density at radius 2 is 0.813 bits per heavy atom. The summed E-state index contributed by atoms with van der Waals surface area (Å²) in [6, 6.07) is 23.5. The highest BCUT2D eigenvalue weighted by atomic mass is 19.3. The van der Waals surface area contributed by atoms with Crippen LogP contribution < -0.4 is 43.5 Å². The van der Waals surface area contributed by atoms with Crippen molar-refractivity contribution in [3.05, 3.63) is 277 Å². The second kappa shape index (κ2) is 41.2. The largest absolute Gasteiger partial charge is 0.363 e. The van der Waals surface area contributed by atoms with Gasteiger partial charge in [0.05, 0.1) is 68.0 Å². The van der Waals surface area contributed by atoms with E-state index in [1.165, 1.54) is 88.8 Å². The summed E-state index contributed by atoms with van der Waals surface area (Å²) in [4.78, 5) is 118. The van der Waals surface area contributed by atoms with E-state index < -0.39 is 94.9 Å². The monoisotopic (exact) mass is 1860 g/mol. The van der Waals surface area contributed by atoms with Gasteiger partial charge in [-0.1, -0.05) is 104 Å². The molecular formula is C97H101F12N19O6. The molecule has 4 atom stereocenters. The third-order valence-electron chi connectivity index (χ3n) is 24.7. The number of amides is 2.